The van der Waals surface area contributed by atoms with E-state index in [1.807, 2.05) is 48.5 Å². The molecule has 1 aliphatic carbocycles. The summed E-state index contributed by atoms with van der Waals surface area (Å²) in [5.74, 6) is -3.32. The minimum atomic E-state index is -1.66. The molecule has 2 aromatic carbocycles. The summed E-state index contributed by atoms with van der Waals surface area (Å²) in [6.45, 7) is 6.89. The number of hydrogen-bond acceptors (Lipinski definition) is 12. The Kier molecular flexibility index (Phi) is 16.1. The van der Waals surface area contributed by atoms with Crippen LogP contribution in [0.25, 0.3) is 11.1 Å². The van der Waals surface area contributed by atoms with Crippen LogP contribution in [-0.4, -0.2) is 118 Å². The molecule has 2 aromatic rings. The quantitative estimate of drug-likeness (QED) is 0.0857. The van der Waals surface area contributed by atoms with Crippen molar-refractivity contribution < 1.29 is 48.8 Å². The molecule has 0 fully saturated rings. The van der Waals surface area contributed by atoms with Gasteiger partial charge in [0.15, 0.2) is 0 Å². The first-order chi connectivity index (χ1) is 25.0. The van der Waals surface area contributed by atoms with Crippen molar-refractivity contribution >= 4 is 42.5 Å². The third kappa shape index (κ3) is 11.6. The van der Waals surface area contributed by atoms with E-state index >= 15 is 0 Å². The van der Waals surface area contributed by atoms with Crippen LogP contribution < -0.4 is 21.7 Å². The van der Waals surface area contributed by atoms with E-state index in [1.54, 1.807) is 20.8 Å². The van der Waals surface area contributed by atoms with Crippen molar-refractivity contribution in [3.8, 4) is 11.1 Å². The molecule has 0 saturated heterocycles. The zero-order valence-corrected chi connectivity index (χ0v) is 31.7. The van der Waals surface area contributed by atoms with E-state index in [1.165, 1.54) is 13.8 Å². The first-order valence-corrected chi connectivity index (χ1v) is 18.2. The summed E-state index contributed by atoms with van der Waals surface area (Å²) in [6, 6.07) is 9.85. The number of nitrogens with two attached hydrogens (primary N) is 1. The number of ether oxygens (including phenoxy) is 2. The number of aliphatic hydroxyl groups is 3. The van der Waals surface area contributed by atoms with Gasteiger partial charge in [-0.1, -0.05) is 48.5 Å². The summed E-state index contributed by atoms with van der Waals surface area (Å²) in [5, 5.41) is 37.1. The van der Waals surface area contributed by atoms with Gasteiger partial charge in [-0.05, 0) is 82.7 Å². The molecule has 5 amide bonds. The van der Waals surface area contributed by atoms with Crippen LogP contribution >= 0.6 is 12.6 Å². The number of imide groups is 1. The number of carbonyl (C=O) groups excluding carboxylic acids is 5. The lowest BCUT2D eigenvalue weighted by Gasteiger charge is -2.32. The van der Waals surface area contributed by atoms with Gasteiger partial charge in [0.25, 0.3) is 0 Å². The van der Waals surface area contributed by atoms with Gasteiger partial charge in [0.1, 0.15) is 30.3 Å². The van der Waals surface area contributed by atoms with Gasteiger partial charge in [-0.25, -0.2) is 9.59 Å². The van der Waals surface area contributed by atoms with Crippen LogP contribution in [-0.2, 0) is 23.9 Å². The average molecular weight is 760 g/mol. The van der Waals surface area contributed by atoms with Gasteiger partial charge in [-0.15, -0.1) is 0 Å². The SMILES string of the molecule is C[C@@H](O)[C@H](NC(=O)[C@H](CCCCN)N(C(=O)OCC1c2ccccc2-c2ccccc21)C(=O)OC(C)(C)C)C(=O)N[C@@H](CS)C(=O)N[C@H](CO)[C@@H](C)O. The molecule has 16 heteroatoms. The van der Waals surface area contributed by atoms with Crippen LogP contribution in [0.15, 0.2) is 48.5 Å². The summed E-state index contributed by atoms with van der Waals surface area (Å²) in [7, 11) is 0. The number of hydrogen-bond donors (Lipinski definition) is 8. The zero-order chi connectivity index (χ0) is 39.5. The Morgan fingerprint density at radius 2 is 1.43 bits per heavy atom. The second-order valence-electron chi connectivity index (χ2n) is 14.0. The van der Waals surface area contributed by atoms with Gasteiger partial charge in [-0.3, -0.25) is 14.4 Å². The topological polar surface area (TPSA) is 230 Å². The van der Waals surface area contributed by atoms with Crippen LogP contribution in [0.4, 0.5) is 9.59 Å². The minimum Gasteiger partial charge on any atom is -0.448 e. The van der Waals surface area contributed by atoms with Gasteiger partial charge < -0.3 is 46.5 Å². The Morgan fingerprint density at radius 1 is 0.849 bits per heavy atom. The van der Waals surface area contributed by atoms with Crippen molar-refractivity contribution in [2.45, 2.75) is 102 Å². The molecule has 0 heterocycles. The van der Waals surface area contributed by atoms with Crippen molar-refractivity contribution in [2.24, 2.45) is 5.73 Å². The van der Waals surface area contributed by atoms with Crippen molar-refractivity contribution in [1.82, 2.24) is 20.9 Å². The molecular formula is C37H53N5O10S. The zero-order valence-electron chi connectivity index (χ0n) is 30.8. The molecule has 0 bridgehead atoms. The van der Waals surface area contributed by atoms with Gasteiger partial charge in [0.05, 0.1) is 24.9 Å². The smallest absolute Gasteiger partial charge is 0.420 e. The molecule has 8 N–H and O–H groups in total. The Hall–Kier alpha value is -4.22. The Morgan fingerprint density at radius 3 is 1.92 bits per heavy atom. The Labute approximate surface area is 315 Å². The fourth-order valence-corrected chi connectivity index (χ4v) is 6.13. The molecule has 0 unspecified atom stereocenters. The molecule has 0 radical (unpaired) electrons. The van der Waals surface area contributed by atoms with Gasteiger partial charge in [-0.2, -0.15) is 17.5 Å². The molecule has 292 valence electrons. The van der Waals surface area contributed by atoms with E-state index in [0.29, 0.717) is 11.3 Å². The summed E-state index contributed by atoms with van der Waals surface area (Å²) < 4.78 is 11.3. The number of nitrogens with one attached hydrogen (secondary N) is 3. The predicted octanol–water partition coefficient (Wildman–Crippen LogP) is 1.81. The van der Waals surface area contributed by atoms with Crippen molar-refractivity contribution in [2.75, 3.05) is 25.5 Å². The Bertz CT molecular complexity index is 1540. The largest absolute Gasteiger partial charge is 0.448 e. The van der Waals surface area contributed by atoms with Gasteiger partial charge >= 0.3 is 12.2 Å². The highest BCUT2D eigenvalue weighted by molar-refractivity contribution is 7.80. The van der Waals surface area contributed by atoms with E-state index in [4.69, 9.17) is 15.2 Å². The van der Waals surface area contributed by atoms with Crippen LogP contribution in [0, 0.1) is 0 Å². The van der Waals surface area contributed by atoms with Crippen LogP contribution in [0.5, 0.6) is 0 Å². The molecule has 0 aliphatic heterocycles. The molecule has 6 atom stereocenters. The minimum absolute atomic E-state index is 0.0931. The van der Waals surface area contributed by atoms with E-state index in [0.717, 1.165) is 22.3 Å². The molecular weight excluding hydrogens is 706 g/mol. The number of amides is 5. The highest BCUT2D eigenvalue weighted by atomic mass is 32.1. The maximum absolute atomic E-state index is 14.1. The highest BCUT2D eigenvalue weighted by Crippen LogP contribution is 2.44. The average Bonchev–Trinajstić information content (AvgIpc) is 3.42. The maximum atomic E-state index is 14.1. The molecule has 53 heavy (non-hydrogen) atoms. The lowest BCUT2D eigenvalue weighted by Crippen LogP contribution is -2.62. The third-order valence-electron chi connectivity index (χ3n) is 8.65. The summed E-state index contributed by atoms with van der Waals surface area (Å²) in [4.78, 5) is 68.6. The molecule has 0 spiro atoms. The van der Waals surface area contributed by atoms with Crippen LogP contribution in [0.1, 0.15) is 70.9 Å². The number of thiol groups is 1. The number of aliphatic hydroxyl groups excluding tert-OH is 3. The standard InChI is InChI=1S/C37H53N5O10S/c1-21(44)28(18-43)39-32(46)29(20-53)40-34(48)31(22(2)45)41-33(47)30(16-10-11-17-38)42(36(50)52-37(3,4)5)35(49)51-19-27-25-14-8-6-12-23(25)24-13-7-9-15-26(24)27/h6-9,12-15,21-22,27-31,43-45,53H,10-11,16-20,38H2,1-5H3,(H,39,46)(H,40,48)(H,41,47)/t21-,22-,28-,29+,30+,31+/m1/s1. The Balaban J connectivity index is 1.90. The summed E-state index contributed by atoms with van der Waals surface area (Å²) in [6.07, 6.45) is -4.32. The number of unbranched alkanes of at least 4 members (excludes halogenated alkanes) is 1. The number of carbonyl (C=O) groups is 5. The molecule has 15 nitrogen and oxygen atoms in total. The van der Waals surface area contributed by atoms with E-state index in [-0.39, 0.29) is 37.7 Å². The van der Waals surface area contributed by atoms with Crippen molar-refractivity contribution in [1.29, 1.82) is 0 Å². The van der Waals surface area contributed by atoms with Gasteiger partial charge in [0, 0.05) is 11.7 Å². The van der Waals surface area contributed by atoms with Crippen molar-refractivity contribution in [3.05, 3.63) is 59.7 Å². The molecule has 0 saturated carbocycles. The highest BCUT2D eigenvalue weighted by Gasteiger charge is 2.41. The number of rotatable bonds is 17. The normalized spacial score (nSPS) is 15.7. The van der Waals surface area contributed by atoms with E-state index in [9.17, 15) is 39.3 Å². The monoisotopic (exact) mass is 759 g/mol. The third-order valence-corrected chi connectivity index (χ3v) is 9.02. The fraction of sp³-hybridized carbons (Fsp3) is 0.541. The lowest BCUT2D eigenvalue weighted by atomic mass is 9.98. The molecule has 1 aliphatic rings. The second-order valence-corrected chi connectivity index (χ2v) is 14.3. The van der Waals surface area contributed by atoms with Crippen molar-refractivity contribution in [3.63, 3.8) is 0 Å². The van der Waals surface area contributed by atoms with E-state index in [2.05, 4.69) is 28.6 Å². The molecule has 0 aromatic heterocycles. The first-order valence-electron chi connectivity index (χ1n) is 17.6. The summed E-state index contributed by atoms with van der Waals surface area (Å²) in [5.41, 5.74) is 8.47. The lowest BCUT2D eigenvalue weighted by molar-refractivity contribution is -0.136. The van der Waals surface area contributed by atoms with Crippen LogP contribution in [0.3, 0.4) is 0 Å². The second kappa shape index (κ2) is 19.7. The maximum Gasteiger partial charge on any atom is 0.420 e. The summed E-state index contributed by atoms with van der Waals surface area (Å²) >= 11 is 4.12. The number of nitrogens with zero attached hydrogens (tertiary/aromatic N) is 1. The van der Waals surface area contributed by atoms with Crippen LogP contribution in [0.2, 0.25) is 0 Å². The first kappa shape index (κ1) is 43.2. The number of benzene rings is 2. The van der Waals surface area contributed by atoms with E-state index < -0.39 is 78.5 Å². The number of fused-ring (bicyclic) bond motifs is 3. The fourth-order valence-electron chi connectivity index (χ4n) is 5.88. The molecule has 3 rings (SSSR count). The van der Waals surface area contributed by atoms with Gasteiger partial charge in [0.2, 0.25) is 17.7 Å². The predicted molar refractivity (Wildman–Crippen MR) is 200 cm³/mol.